The minimum absolute atomic E-state index is 0.0957. The zero-order valence-corrected chi connectivity index (χ0v) is 21.5. The van der Waals surface area contributed by atoms with E-state index in [1.807, 2.05) is 24.3 Å². The molecule has 0 bridgehead atoms. The quantitative estimate of drug-likeness (QED) is 0.403. The molecule has 182 valence electrons. The van der Waals surface area contributed by atoms with Crippen molar-refractivity contribution in [3.63, 3.8) is 0 Å². The molecule has 4 saturated carbocycles. The van der Waals surface area contributed by atoms with Crippen LogP contribution in [-0.2, 0) is 4.79 Å². The minimum atomic E-state index is -0.0957. The number of fused-ring (bicyclic) bond motifs is 5. The number of carbonyl (C=O) groups is 1. The molecule has 1 amide bonds. The van der Waals surface area contributed by atoms with Crippen molar-refractivity contribution in [3.05, 3.63) is 24.3 Å². The zero-order valence-electron chi connectivity index (χ0n) is 20.6. The molecule has 4 aliphatic carbocycles. The average molecular weight is 470 g/mol. The van der Waals surface area contributed by atoms with Crippen LogP contribution in [0.2, 0.25) is 0 Å². The fraction of sp³-hybridized carbons (Fsp3) is 0.759. The van der Waals surface area contributed by atoms with Gasteiger partial charge in [0.15, 0.2) is 0 Å². The fourth-order valence-corrected chi connectivity index (χ4v) is 9.36. The van der Waals surface area contributed by atoms with E-state index in [2.05, 4.69) is 31.8 Å². The first-order valence-corrected chi connectivity index (χ1v) is 14.0. The topological polar surface area (TPSA) is 49.3 Å². The monoisotopic (exact) mass is 469 g/mol. The molecule has 0 heterocycles. The van der Waals surface area contributed by atoms with Crippen molar-refractivity contribution < 1.29 is 9.90 Å². The predicted molar refractivity (Wildman–Crippen MR) is 137 cm³/mol. The first-order valence-electron chi connectivity index (χ1n) is 13.6. The molecule has 4 heteroatoms. The number of hydrogen-bond acceptors (Lipinski definition) is 3. The highest BCUT2D eigenvalue weighted by molar-refractivity contribution is 7.80. The van der Waals surface area contributed by atoms with Gasteiger partial charge >= 0.3 is 0 Å². The number of thiol groups is 1. The molecule has 0 spiro atoms. The number of rotatable bonds is 5. The number of anilines is 1. The Hall–Kier alpha value is -1.00. The van der Waals surface area contributed by atoms with Gasteiger partial charge in [-0.25, -0.2) is 0 Å². The molecule has 6 unspecified atom stereocenters. The third kappa shape index (κ3) is 4.18. The van der Waals surface area contributed by atoms with Crippen molar-refractivity contribution in [2.24, 2.45) is 40.4 Å². The first kappa shape index (κ1) is 23.7. The van der Waals surface area contributed by atoms with Crippen LogP contribution in [0.5, 0.6) is 0 Å². The van der Waals surface area contributed by atoms with Gasteiger partial charge in [-0.05, 0) is 110 Å². The molecule has 0 saturated heterocycles. The zero-order chi connectivity index (χ0) is 23.2. The fourth-order valence-electron chi connectivity index (χ4n) is 9.14. The van der Waals surface area contributed by atoms with Gasteiger partial charge in [-0.3, -0.25) is 4.79 Å². The lowest BCUT2D eigenvalue weighted by Gasteiger charge is -2.62. The number of amides is 1. The maximum atomic E-state index is 12.5. The van der Waals surface area contributed by atoms with E-state index in [0.717, 1.165) is 41.7 Å². The molecular formula is C29H43NO2S. The number of aliphatic hydroxyl groups is 1. The second kappa shape index (κ2) is 9.22. The summed E-state index contributed by atoms with van der Waals surface area (Å²) >= 11 is 4.44. The Kier molecular flexibility index (Phi) is 6.63. The summed E-state index contributed by atoms with van der Waals surface area (Å²) in [5, 5.41) is 14.4. The summed E-state index contributed by atoms with van der Waals surface area (Å²) in [5.74, 6) is 3.42. The minimum Gasteiger partial charge on any atom is -0.393 e. The van der Waals surface area contributed by atoms with Gasteiger partial charge in [0.25, 0.3) is 0 Å². The molecule has 1 aromatic carbocycles. The van der Waals surface area contributed by atoms with Crippen molar-refractivity contribution in [1.29, 1.82) is 0 Å². The molecule has 0 radical (unpaired) electrons. The van der Waals surface area contributed by atoms with E-state index in [0.29, 0.717) is 35.0 Å². The highest BCUT2D eigenvalue weighted by Gasteiger charge is 2.61. The molecule has 3 nitrogen and oxygen atoms in total. The van der Waals surface area contributed by atoms with E-state index in [4.69, 9.17) is 0 Å². The maximum Gasteiger partial charge on any atom is 0.224 e. The van der Waals surface area contributed by atoms with Crippen LogP contribution < -0.4 is 5.32 Å². The molecule has 4 fully saturated rings. The number of nitrogens with one attached hydrogen (secondary N) is 1. The molecule has 1 aromatic rings. The van der Waals surface area contributed by atoms with E-state index < -0.39 is 0 Å². The summed E-state index contributed by atoms with van der Waals surface area (Å²) in [6.07, 6.45) is 14.2. The summed E-state index contributed by atoms with van der Waals surface area (Å²) in [5.41, 5.74) is 1.61. The SMILES string of the molecule is CC12CCCCC1CC(O)[C@@H]1C2CC[C@]2(C)C(CCCC(=O)Nc3ccccc3S)CCC12. The summed E-state index contributed by atoms with van der Waals surface area (Å²) in [6.45, 7) is 5.11. The Bertz CT molecular complexity index is 873. The van der Waals surface area contributed by atoms with Crippen LogP contribution in [0.15, 0.2) is 29.2 Å². The van der Waals surface area contributed by atoms with Crippen LogP contribution in [0.3, 0.4) is 0 Å². The smallest absolute Gasteiger partial charge is 0.224 e. The Morgan fingerprint density at radius 1 is 1.06 bits per heavy atom. The second-order valence-corrected chi connectivity index (χ2v) is 12.8. The lowest BCUT2D eigenvalue weighted by molar-refractivity contribution is -0.162. The molecule has 4 aliphatic rings. The van der Waals surface area contributed by atoms with Crippen LogP contribution in [0.1, 0.15) is 90.9 Å². The lowest BCUT2D eigenvalue weighted by Crippen LogP contribution is -2.57. The van der Waals surface area contributed by atoms with Crippen molar-refractivity contribution in [3.8, 4) is 0 Å². The second-order valence-electron chi connectivity index (χ2n) is 12.3. The molecule has 0 aliphatic heterocycles. The van der Waals surface area contributed by atoms with Crippen LogP contribution in [0.4, 0.5) is 5.69 Å². The number of aliphatic hydroxyl groups excluding tert-OH is 1. The predicted octanol–water partition coefficient (Wildman–Crippen LogP) is 7.10. The Morgan fingerprint density at radius 2 is 1.85 bits per heavy atom. The van der Waals surface area contributed by atoms with E-state index in [-0.39, 0.29) is 12.0 Å². The number of carbonyl (C=O) groups excluding carboxylic acids is 1. The molecule has 0 aromatic heterocycles. The molecular weight excluding hydrogens is 426 g/mol. The van der Waals surface area contributed by atoms with Crippen LogP contribution in [0.25, 0.3) is 0 Å². The van der Waals surface area contributed by atoms with Crippen molar-refractivity contribution in [1.82, 2.24) is 0 Å². The van der Waals surface area contributed by atoms with Crippen molar-refractivity contribution in [2.45, 2.75) is 102 Å². The van der Waals surface area contributed by atoms with Gasteiger partial charge in [-0.1, -0.05) is 38.8 Å². The van der Waals surface area contributed by atoms with Crippen molar-refractivity contribution in [2.75, 3.05) is 5.32 Å². The Balaban J connectivity index is 1.21. The van der Waals surface area contributed by atoms with E-state index >= 15 is 0 Å². The van der Waals surface area contributed by atoms with Gasteiger partial charge in [0, 0.05) is 11.3 Å². The highest BCUT2D eigenvalue weighted by Crippen LogP contribution is 2.67. The third-order valence-corrected chi connectivity index (χ3v) is 11.3. The van der Waals surface area contributed by atoms with Crippen molar-refractivity contribution >= 4 is 24.2 Å². The maximum absolute atomic E-state index is 12.5. The summed E-state index contributed by atoms with van der Waals surface area (Å²) in [6, 6.07) is 7.68. The molecule has 5 rings (SSSR count). The Labute approximate surface area is 205 Å². The van der Waals surface area contributed by atoms with E-state index in [1.54, 1.807) is 0 Å². The van der Waals surface area contributed by atoms with E-state index in [9.17, 15) is 9.90 Å². The standard InChI is InChI=1S/C29H43NO2S/c1-28-16-6-5-8-20(28)18-24(31)27-21-14-13-19(29(21,2)17-15-22(27)28)9-7-12-26(32)30-23-10-3-4-11-25(23)33/h3-4,10-11,19-22,24,27,31,33H,5-9,12-18H2,1-2H3,(H,30,32)/t19?,20?,21?,22?,24?,27-,28?,29+/m0/s1. The summed E-state index contributed by atoms with van der Waals surface area (Å²) in [7, 11) is 0. The van der Waals surface area contributed by atoms with E-state index in [1.165, 1.54) is 51.4 Å². The first-order chi connectivity index (χ1) is 15.8. The van der Waals surface area contributed by atoms with Gasteiger partial charge in [0.1, 0.15) is 0 Å². The van der Waals surface area contributed by atoms with Crippen LogP contribution in [-0.4, -0.2) is 17.1 Å². The third-order valence-electron chi connectivity index (χ3n) is 10.9. The summed E-state index contributed by atoms with van der Waals surface area (Å²) in [4.78, 5) is 13.3. The molecule has 8 atom stereocenters. The lowest BCUT2D eigenvalue weighted by atomic mass is 9.44. The van der Waals surface area contributed by atoms with Crippen LogP contribution >= 0.6 is 12.6 Å². The number of hydrogen-bond donors (Lipinski definition) is 3. The average Bonchev–Trinajstić information content (AvgIpc) is 3.12. The van der Waals surface area contributed by atoms with Crippen LogP contribution in [0, 0.1) is 40.4 Å². The molecule has 33 heavy (non-hydrogen) atoms. The highest BCUT2D eigenvalue weighted by atomic mass is 32.1. The van der Waals surface area contributed by atoms with Gasteiger partial charge in [-0.15, -0.1) is 12.6 Å². The number of benzene rings is 1. The number of para-hydroxylation sites is 1. The van der Waals surface area contributed by atoms with Gasteiger partial charge in [0.2, 0.25) is 5.91 Å². The van der Waals surface area contributed by atoms with Gasteiger partial charge in [-0.2, -0.15) is 0 Å². The summed E-state index contributed by atoms with van der Waals surface area (Å²) < 4.78 is 0. The molecule has 2 N–H and O–H groups in total. The van der Waals surface area contributed by atoms with Gasteiger partial charge < -0.3 is 10.4 Å². The normalized spacial score (nSPS) is 42.2. The van der Waals surface area contributed by atoms with Gasteiger partial charge in [0.05, 0.1) is 11.8 Å². The Morgan fingerprint density at radius 3 is 2.67 bits per heavy atom. The largest absolute Gasteiger partial charge is 0.393 e.